The maximum absolute atomic E-state index is 15.7. The molecule has 9 rings (SSSR count). The number of benzene rings is 9. The summed E-state index contributed by atoms with van der Waals surface area (Å²) in [7, 11) is 0. The zero-order valence-corrected chi connectivity index (χ0v) is 45.4. The first kappa shape index (κ1) is 60.5. The van der Waals surface area contributed by atoms with Gasteiger partial charge in [0.15, 0.2) is 0 Å². The van der Waals surface area contributed by atoms with Crippen LogP contribution in [0.3, 0.4) is 0 Å². The zero-order chi connectivity index (χ0) is 59.1. The highest BCUT2D eigenvalue weighted by Gasteiger charge is 2.74. The van der Waals surface area contributed by atoms with Gasteiger partial charge in [-0.15, -0.1) is 0 Å². The van der Waals surface area contributed by atoms with Gasteiger partial charge in [-0.1, -0.05) is 155 Å². The van der Waals surface area contributed by atoms with E-state index in [1.807, 2.05) is 30.3 Å². The van der Waals surface area contributed by atoms with Crippen LogP contribution in [-0.4, -0.2) is 24.7 Å². The summed E-state index contributed by atoms with van der Waals surface area (Å²) in [6.45, 7) is 6.32. The quantitative estimate of drug-likeness (QED) is 0.106. The van der Waals surface area contributed by atoms with Crippen molar-refractivity contribution in [2.24, 2.45) is 0 Å². The van der Waals surface area contributed by atoms with E-state index in [0.29, 0.717) is 57.1 Å². The largest absolute Gasteiger partial charge is 0.411 e. The molecule has 0 aliphatic carbocycles. The maximum atomic E-state index is 15.7. The van der Waals surface area contributed by atoms with Gasteiger partial charge in [0.05, 0.1) is 0 Å². The Hall–Kier alpha value is -8.18. The molecular weight excluding hydrogens is 1130 g/mol. The second-order valence-electron chi connectivity index (χ2n) is 18.9. The van der Waals surface area contributed by atoms with Crippen molar-refractivity contribution in [3.05, 3.63) is 273 Å². The lowest BCUT2D eigenvalue weighted by atomic mass is 9.72. The molecule has 0 heterocycles. The third-order valence-corrected chi connectivity index (χ3v) is 14.2. The number of hydrogen-bond donors (Lipinski definition) is 2. The summed E-state index contributed by atoms with van der Waals surface area (Å²) in [5.41, 5.74) is 2.82. The molecule has 9 aromatic carbocycles. The van der Waals surface area contributed by atoms with Crippen molar-refractivity contribution in [3.63, 3.8) is 0 Å². The van der Waals surface area contributed by atoms with Gasteiger partial charge in [-0.2, -0.15) is 52.7 Å². The fraction of sp³-hybridized carbons (Fsp3) is 0.156. The number of alkyl halides is 12. The molecule has 0 unspecified atom stereocenters. The minimum absolute atomic E-state index is 0.157. The molecule has 81 heavy (non-hydrogen) atoms. The average molecular weight is 1190 g/mol. The van der Waals surface area contributed by atoms with Crippen LogP contribution in [0.2, 0.25) is 0 Å². The summed E-state index contributed by atoms with van der Waals surface area (Å²) in [6.07, 6.45) is -22.9. The summed E-state index contributed by atoms with van der Waals surface area (Å²) >= 11 is 3.31. The Morgan fingerprint density at radius 2 is 0.519 bits per heavy atom. The summed E-state index contributed by atoms with van der Waals surface area (Å²) in [5.74, 6) is 0. The van der Waals surface area contributed by atoms with Gasteiger partial charge in [0, 0.05) is 50.0 Å². The maximum Gasteiger partial charge on any atom is 0.411 e. The number of rotatable bonds is 10. The molecule has 0 spiro atoms. The second-order valence-corrected chi connectivity index (χ2v) is 19.9. The number of nitrogen functional groups attached to an aromatic ring is 2. The van der Waals surface area contributed by atoms with Crippen molar-refractivity contribution >= 4 is 61.4 Å². The molecule has 0 aliphatic heterocycles. The molecule has 9 aromatic rings. The molecule has 420 valence electrons. The molecule has 0 atom stereocenters. The number of hydrogen-bond acceptors (Lipinski definition) is 4. The van der Waals surface area contributed by atoms with E-state index in [2.05, 4.69) is 15.9 Å². The second kappa shape index (κ2) is 24.3. The van der Waals surface area contributed by atoms with Crippen LogP contribution in [0, 0.1) is 27.7 Å². The van der Waals surface area contributed by atoms with Crippen LogP contribution in [-0.2, 0) is 10.8 Å². The van der Waals surface area contributed by atoms with Crippen molar-refractivity contribution in [2.45, 2.75) is 63.2 Å². The van der Waals surface area contributed by atoms with E-state index >= 15 is 26.3 Å². The molecule has 0 amide bonds. The lowest BCUT2D eigenvalue weighted by molar-refractivity contribution is -0.290. The molecule has 4 N–H and O–H groups in total. The SMILES string of the molecule is Brc1ccccc1.Cc1ccc(C(c2ccc(C)c(N(c3ccccc3)c3ccccc3)c2)(C(F)(F)F)C(F)(F)F)cc1N(c1ccccc1)c1ccccc1.Cc1ccc(C(c2ccc(C)c(N)c2)(C(F)(F)F)C(F)(F)F)cc1N. The first-order valence-electron chi connectivity index (χ1n) is 24.9. The van der Waals surface area contributed by atoms with E-state index < -0.39 is 57.8 Å². The van der Waals surface area contributed by atoms with Crippen LogP contribution in [0.1, 0.15) is 44.5 Å². The van der Waals surface area contributed by atoms with Gasteiger partial charge in [0.2, 0.25) is 10.8 Å². The lowest BCUT2D eigenvalue weighted by Crippen LogP contribution is -2.54. The molecule has 0 saturated heterocycles. The Morgan fingerprint density at radius 1 is 0.296 bits per heavy atom. The molecule has 17 heteroatoms. The van der Waals surface area contributed by atoms with Gasteiger partial charge in [-0.3, -0.25) is 0 Å². The third-order valence-electron chi connectivity index (χ3n) is 13.7. The predicted octanol–water partition coefficient (Wildman–Crippen LogP) is 20.0. The Morgan fingerprint density at radius 3 is 0.728 bits per heavy atom. The molecule has 0 radical (unpaired) electrons. The van der Waals surface area contributed by atoms with E-state index in [1.54, 1.807) is 145 Å². The topological polar surface area (TPSA) is 58.5 Å². The lowest BCUT2D eigenvalue weighted by Gasteiger charge is -2.40. The van der Waals surface area contributed by atoms with Crippen LogP contribution in [0.25, 0.3) is 0 Å². The first-order chi connectivity index (χ1) is 38.1. The van der Waals surface area contributed by atoms with Crippen LogP contribution in [0.4, 0.5) is 98.2 Å². The number of nitrogens with two attached hydrogens (primary N) is 2. The number of nitrogens with zero attached hydrogens (tertiary/aromatic N) is 2. The fourth-order valence-electron chi connectivity index (χ4n) is 9.46. The van der Waals surface area contributed by atoms with Crippen LogP contribution in [0.15, 0.2) is 229 Å². The molecule has 0 fully saturated rings. The van der Waals surface area contributed by atoms with Crippen molar-refractivity contribution in [2.75, 3.05) is 21.3 Å². The Bertz CT molecular complexity index is 3220. The van der Waals surface area contributed by atoms with Crippen molar-refractivity contribution in [1.82, 2.24) is 0 Å². The van der Waals surface area contributed by atoms with Gasteiger partial charge < -0.3 is 21.3 Å². The average Bonchev–Trinajstić information content (AvgIpc) is 3.46. The Labute approximate surface area is 470 Å². The zero-order valence-electron chi connectivity index (χ0n) is 43.8. The van der Waals surface area contributed by atoms with Gasteiger partial charge in [-0.05, 0) is 157 Å². The van der Waals surface area contributed by atoms with Gasteiger partial charge >= 0.3 is 24.7 Å². The van der Waals surface area contributed by atoms with E-state index in [4.69, 9.17) is 11.5 Å². The highest BCUT2D eigenvalue weighted by Crippen LogP contribution is 2.59. The van der Waals surface area contributed by atoms with Gasteiger partial charge in [-0.25, -0.2) is 0 Å². The summed E-state index contributed by atoms with van der Waals surface area (Å²) in [4.78, 5) is 3.34. The highest BCUT2D eigenvalue weighted by atomic mass is 79.9. The van der Waals surface area contributed by atoms with E-state index in [0.717, 1.165) is 53.0 Å². The normalized spacial score (nSPS) is 12.1. The number of halogens is 13. The molecule has 0 saturated carbocycles. The summed E-state index contributed by atoms with van der Waals surface area (Å²) in [6, 6.07) is 57.2. The molecule has 4 nitrogen and oxygen atoms in total. The van der Waals surface area contributed by atoms with E-state index in [1.165, 1.54) is 26.0 Å². The number of para-hydroxylation sites is 4. The van der Waals surface area contributed by atoms with Crippen LogP contribution < -0.4 is 21.3 Å². The van der Waals surface area contributed by atoms with E-state index in [9.17, 15) is 26.3 Å². The number of anilines is 8. The van der Waals surface area contributed by atoms with Crippen molar-refractivity contribution in [3.8, 4) is 0 Å². The third kappa shape index (κ3) is 12.4. The first-order valence-corrected chi connectivity index (χ1v) is 25.7. The van der Waals surface area contributed by atoms with E-state index in [-0.39, 0.29) is 22.7 Å². The Balaban J connectivity index is 0.000000244. The predicted molar refractivity (Wildman–Crippen MR) is 303 cm³/mol. The smallest absolute Gasteiger partial charge is 0.399 e. The minimum Gasteiger partial charge on any atom is -0.399 e. The van der Waals surface area contributed by atoms with Crippen LogP contribution >= 0.6 is 15.9 Å². The number of aryl methyl sites for hydroxylation is 4. The molecule has 0 aromatic heterocycles. The van der Waals surface area contributed by atoms with Crippen molar-refractivity contribution < 1.29 is 52.7 Å². The molecule has 0 bridgehead atoms. The molecular formula is C64H53BrF12N4. The monoisotopic (exact) mass is 1180 g/mol. The van der Waals surface area contributed by atoms with Crippen LogP contribution in [0.5, 0.6) is 0 Å². The fourth-order valence-corrected chi connectivity index (χ4v) is 9.76. The standard InChI is InChI=1S/C41H32F6N2.C17H16F6N2.C6H5Br/c1-29-23-25-31(27-37(29)48(33-15-7-3-8-16-33)34-17-9-4-10-18-34)39(40(42,43)44,41(45,46)47)32-26-24-30(2)38(28-32)49(35-19-11-5-12-20-35)36-21-13-6-14-22-36;1-9-3-5-11(7-13(9)24)15(16(18,19)20,17(21,22)23)12-6-4-10(2)14(25)8-12;7-6-4-2-1-3-5-6/h3-28H,1-2H3;3-8H,24-25H2,1-2H3;1-5H. The van der Waals surface area contributed by atoms with Gasteiger partial charge in [0.25, 0.3) is 0 Å². The molecule has 0 aliphatic rings. The summed E-state index contributed by atoms with van der Waals surface area (Å²) in [5, 5.41) is 0. The Kier molecular flexibility index (Phi) is 18.1. The highest BCUT2D eigenvalue weighted by molar-refractivity contribution is 9.10. The summed E-state index contributed by atoms with van der Waals surface area (Å²) < 4.78 is 178. The van der Waals surface area contributed by atoms with Crippen molar-refractivity contribution in [1.29, 1.82) is 0 Å². The van der Waals surface area contributed by atoms with Gasteiger partial charge in [0.1, 0.15) is 0 Å². The minimum atomic E-state index is -5.78.